The summed E-state index contributed by atoms with van der Waals surface area (Å²) in [7, 11) is 0. The monoisotopic (exact) mass is 555 g/mol. The highest BCUT2D eigenvalue weighted by atomic mass is 16.4. The van der Waals surface area contributed by atoms with Gasteiger partial charge in [0.2, 0.25) is 5.82 Å². The van der Waals surface area contributed by atoms with Crippen LogP contribution in [0.15, 0.2) is 60.8 Å². The number of nitrogens with one attached hydrogen (secondary N) is 1. The zero-order valence-corrected chi connectivity index (χ0v) is 23.1. The molecule has 11 heteroatoms. The van der Waals surface area contributed by atoms with E-state index in [9.17, 15) is 14.7 Å². The van der Waals surface area contributed by atoms with Gasteiger partial charge in [-0.15, -0.1) is 5.10 Å². The maximum atomic E-state index is 13.4. The lowest BCUT2D eigenvalue weighted by atomic mass is 9.82. The Labute approximate surface area is 237 Å². The summed E-state index contributed by atoms with van der Waals surface area (Å²) in [6.45, 7) is 6.66. The van der Waals surface area contributed by atoms with Crippen molar-refractivity contribution in [3.8, 4) is 0 Å². The lowest BCUT2D eigenvalue weighted by Crippen LogP contribution is -2.41. The van der Waals surface area contributed by atoms with Crippen molar-refractivity contribution in [1.29, 1.82) is 0 Å². The summed E-state index contributed by atoms with van der Waals surface area (Å²) in [6, 6.07) is 17.3. The molecule has 0 aliphatic carbocycles. The number of carbonyl (C=O) groups excluding carboxylic acids is 1. The Balaban J connectivity index is 1.14. The van der Waals surface area contributed by atoms with E-state index in [0.29, 0.717) is 24.4 Å². The molecule has 0 saturated carbocycles. The minimum atomic E-state index is -1.19. The standard InChI is InChI=1S/C30H33N7O4/c1-20-15-22(35-13-11-29(2,18-35)21-7-4-3-5-8-21)16-37-26(20)33-25(34-37)27(38)36-14-12-30(41,19-36)17-31-24-10-6-9-23(32-24)28(39)40/h3-10,15-16,41H,11-14,17-19H2,1-2H3,(H,31,32)(H,39,40)/t29-,30?/m0/s1. The number of carboxylic acid groups (broad SMARTS) is 1. The first-order valence-corrected chi connectivity index (χ1v) is 13.8. The number of aliphatic hydroxyl groups is 1. The van der Waals surface area contributed by atoms with Crippen LogP contribution >= 0.6 is 0 Å². The number of anilines is 2. The molecule has 4 aromatic rings. The number of fused-ring (bicyclic) bond motifs is 1. The van der Waals surface area contributed by atoms with E-state index in [-0.39, 0.29) is 35.9 Å². The van der Waals surface area contributed by atoms with Crippen LogP contribution in [0.3, 0.4) is 0 Å². The molecule has 1 amide bonds. The van der Waals surface area contributed by atoms with Gasteiger partial charge in [-0.25, -0.2) is 19.3 Å². The molecule has 3 N–H and O–H groups in total. The summed E-state index contributed by atoms with van der Waals surface area (Å²) < 4.78 is 1.68. The zero-order chi connectivity index (χ0) is 28.8. The van der Waals surface area contributed by atoms with Crippen molar-refractivity contribution in [3.63, 3.8) is 0 Å². The van der Waals surface area contributed by atoms with E-state index in [0.717, 1.165) is 30.8 Å². The Morgan fingerprint density at radius 2 is 1.83 bits per heavy atom. The van der Waals surface area contributed by atoms with Crippen LogP contribution in [0, 0.1) is 6.92 Å². The number of benzene rings is 1. The molecule has 2 aliphatic rings. The minimum Gasteiger partial charge on any atom is -0.477 e. The summed E-state index contributed by atoms with van der Waals surface area (Å²) in [4.78, 5) is 37.0. The van der Waals surface area contributed by atoms with Crippen molar-refractivity contribution in [2.24, 2.45) is 0 Å². The van der Waals surface area contributed by atoms with Crippen LogP contribution in [0.2, 0.25) is 0 Å². The zero-order valence-electron chi connectivity index (χ0n) is 23.1. The fourth-order valence-corrected chi connectivity index (χ4v) is 5.88. The Morgan fingerprint density at radius 3 is 2.61 bits per heavy atom. The SMILES string of the molecule is Cc1cc(N2CC[C@](C)(c3ccccc3)C2)cn2nc(C(=O)N3CCC(O)(CNc4cccc(C(=O)O)n4)C3)nc12. The Hall–Kier alpha value is -4.51. The topological polar surface area (TPSA) is 136 Å². The number of aromatic nitrogens is 4. The van der Waals surface area contributed by atoms with E-state index in [1.54, 1.807) is 21.5 Å². The number of amides is 1. The molecule has 41 heavy (non-hydrogen) atoms. The first kappa shape index (κ1) is 26.7. The number of nitrogens with zero attached hydrogens (tertiary/aromatic N) is 6. The van der Waals surface area contributed by atoms with Gasteiger partial charge in [0.1, 0.15) is 11.4 Å². The average molecular weight is 556 g/mol. The number of pyridine rings is 2. The normalized spacial score (nSPS) is 22.4. The van der Waals surface area contributed by atoms with Crippen LogP contribution in [-0.4, -0.2) is 84.9 Å². The lowest BCUT2D eigenvalue weighted by Gasteiger charge is -2.26. The van der Waals surface area contributed by atoms with Crippen molar-refractivity contribution in [3.05, 3.63) is 83.4 Å². The quantitative estimate of drug-likeness (QED) is 0.314. The third kappa shape index (κ3) is 5.20. The van der Waals surface area contributed by atoms with Gasteiger partial charge in [0, 0.05) is 31.6 Å². The second-order valence-corrected chi connectivity index (χ2v) is 11.5. The number of likely N-dealkylation sites (tertiary alicyclic amines) is 1. The molecular formula is C30H33N7O4. The number of rotatable bonds is 7. The molecule has 0 radical (unpaired) electrons. The molecule has 3 aromatic heterocycles. The molecule has 1 unspecified atom stereocenters. The minimum absolute atomic E-state index is 0.0597. The first-order valence-electron chi connectivity index (χ1n) is 13.8. The highest BCUT2D eigenvalue weighted by Gasteiger charge is 2.40. The van der Waals surface area contributed by atoms with Gasteiger partial charge in [0.25, 0.3) is 5.91 Å². The number of β-amino-alcohol motifs (C(OH)–C–C–N with tert-alkyl or cyclic N) is 1. The van der Waals surface area contributed by atoms with Gasteiger partial charge in [-0.05, 0) is 49.1 Å². The van der Waals surface area contributed by atoms with Gasteiger partial charge in [-0.3, -0.25) is 4.79 Å². The van der Waals surface area contributed by atoms with Crippen LogP contribution in [-0.2, 0) is 5.41 Å². The molecule has 1 aromatic carbocycles. The number of aryl methyl sites for hydroxylation is 1. The first-order chi connectivity index (χ1) is 19.6. The van der Waals surface area contributed by atoms with Crippen LogP contribution < -0.4 is 10.2 Å². The molecule has 2 saturated heterocycles. The molecule has 0 spiro atoms. The van der Waals surface area contributed by atoms with Crippen molar-refractivity contribution in [1.82, 2.24) is 24.5 Å². The van der Waals surface area contributed by atoms with Gasteiger partial charge in [0.15, 0.2) is 11.3 Å². The maximum absolute atomic E-state index is 13.4. The van der Waals surface area contributed by atoms with E-state index >= 15 is 0 Å². The third-order valence-corrected chi connectivity index (χ3v) is 8.29. The predicted molar refractivity (Wildman–Crippen MR) is 154 cm³/mol. The number of hydrogen-bond donors (Lipinski definition) is 3. The average Bonchev–Trinajstić information content (AvgIpc) is 3.70. The van der Waals surface area contributed by atoms with Crippen LogP contribution in [0.1, 0.15) is 52.0 Å². The second kappa shape index (κ2) is 10.2. The van der Waals surface area contributed by atoms with E-state index in [2.05, 4.69) is 62.5 Å². The lowest BCUT2D eigenvalue weighted by molar-refractivity contribution is 0.0529. The summed E-state index contributed by atoms with van der Waals surface area (Å²) >= 11 is 0. The third-order valence-electron chi connectivity index (χ3n) is 8.29. The Kier molecular flexibility index (Phi) is 6.61. The molecule has 2 atom stereocenters. The van der Waals surface area contributed by atoms with Crippen molar-refractivity contribution in [2.45, 2.75) is 37.7 Å². The highest BCUT2D eigenvalue weighted by Crippen LogP contribution is 2.36. The van der Waals surface area contributed by atoms with Crippen molar-refractivity contribution >= 4 is 29.0 Å². The Morgan fingerprint density at radius 1 is 1.02 bits per heavy atom. The summed E-state index contributed by atoms with van der Waals surface area (Å²) in [5.74, 6) is -1.03. The van der Waals surface area contributed by atoms with Crippen LogP contribution in [0.25, 0.3) is 5.65 Å². The molecule has 6 rings (SSSR count). The van der Waals surface area contributed by atoms with Gasteiger partial charge in [-0.1, -0.05) is 43.3 Å². The smallest absolute Gasteiger partial charge is 0.354 e. The van der Waals surface area contributed by atoms with Gasteiger partial charge >= 0.3 is 5.97 Å². The van der Waals surface area contributed by atoms with Crippen molar-refractivity contribution in [2.75, 3.05) is 42.9 Å². The molecule has 2 fully saturated rings. The second-order valence-electron chi connectivity index (χ2n) is 11.5. The van der Waals surface area contributed by atoms with Crippen molar-refractivity contribution < 1.29 is 19.8 Å². The Bertz CT molecular complexity index is 1620. The highest BCUT2D eigenvalue weighted by molar-refractivity contribution is 5.91. The molecule has 11 nitrogen and oxygen atoms in total. The van der Waals surface area contributed by atoms with Crippen LogP contribution in [0.5, 0.6) is 0 Å². The van der Waals surface area contributed by atoms with E-state index in [1.807, 2.05) is 19.2 Å². The van der Waals surface area contributed by atoms with E-state index < -0.39 is 11.6 Å². The van der Waals surface area contributed by atoms with E-state index in [4.69, 9.17) is 5.11 Å². The van der Waals surface area contributed by atoms with Gasteiger partial charge in [0.05, 0.1) is 18.4 Å². The largest absolute Gasteiger partial charge is 0.477 e. The fraction of sp³-hybridized carbons (Fsp3) is 0.367. The molecule has 2 aliphatic heterocycles. The number of carbonyl (C=O) groups is 2. The molecule has 0 bridgehead atoms. The maximum Gasteiger partial charge on any atom is 0.354 e. The predicted octanol–water partition coefficient (Wildman–Crippen LogP) is 2.99. The molecular weight excluding hydrogens is 522 g/mol. The fourth-order valence-electron chi connectivity index (χ4n) is 5.88. The summed E-state index contributed by atoms with van der Waals surface area (Å²) in [5, 5.41) is 27.8. The summed E-state index contributed by atoms with van der Waals surface area (Å²) in [5.41, 5.74) is 2.71. The van der Waals surface area contributed by atoms with Gasteiger partial charge < -0.3 is 25.3 Å². The molecule has 212 valence electrons. The van der Waals surface area contributed by atoms with Gasteiger partial charge in [-0.2, -0.15) is 0 Å². The van der Waals surface area contributed by atoms with E-state index in [1.165, 1.54) is 11.6 Å². The molecule has 5 heterocycles. The number of aromatic carboxylic acids is 1. The number of hydrogen-bond acceptors (Lipinski definition) is 8. The number of carboxylic acids is 1. The summed E-state index contributed by atoms with van der Waals surface area (Å²) in [6.07, 6.45) is 3.34. The van der Waals surface area contributed by atoms with Crippen LogP contribution in [0.4, 0.5) is 11.5 Å².